The van der Waals surface area contributed by atoms with Gasteiger partial charge in [-0.25, -0.2) is 9.78 Å². The second-order valence-corrected chi connectivity index (χ2v) is 4.66. The number of hydrogen-bond donors (Lipinski definition) is 2. The van der Waals surface area contributed by atoms with Crippen molar-refractivity contribution in [2.75, 3.05) is 5.32 Å². The Morgan fingerprint density at radius 1 is 1.37 bits per heavy atom. The molecule has 1 heterocycles. The fourth-order valence-electron chi connectivity index (χ4n) is 1.33. The summed E-state index contributed by atoms with van der Waals surface area (Å²) in [5.41, 5.74) is 0.570. The van der Waals surface area contributed by atoms with E-state index in [1.165, 1.54) is 6.33 Å². The number of rotatable bonds is 3. The summed E-state index contributed by atoms with van der Waals surface area (Å²) in [5, 5.41) is 2.42. The molecule has 2 aromatic rings. The summed E-state index contributed by atoms with van der Waals surface area (Å²) in [7, 11) is 0. The molecule has 0 aliphatic carbocycles. The summed E-state index contributed by atoms with van der Waals surface area (Å²) in [4.78, 5) is 29.1. The minimum absolute atomic E-state index is 0.159. The Balaban J connectivity index is 1.95. The number of H-pyrrole nitrogens is 1. The number of carbonyl (C=O) groups is 1. The smallest absolute Gasteiger partial charge is 0.413 e. The summed E-state index contributed by atoms with van der Waals surface area (Å²) in [6, 6.07) is 9.30. The normalized spacial score (nSPS) is 9.95. The van der Waals surface area contributed by atoms with Crippen LogP contribution in [0.5, 0.6) is 0 Å². The summed E-state index contributed by atoms with van der Waals surface area (Å²) in [6.07, 6.45) is 0.567. The highest BCUT2D eigenvalue weighted by Crippen LogP contribution is 2.09. The molecule has 0 radical (unpaired) electrons. The molecule has 0 aliphatic heterocycles. The molecule has 19 heavy (non-hydrogen) atoms. The van der Waals surface area contributed by atoms with Gasteiger partial charge in [-0.2, -0.15) is 0 Å². The van der Waals surface area contributed by atoms with Crippen molar-refractivity contribution in [2.24, 2.45) is 0 Å². The standard InChI is InChI=1S/C12H10IN3O3/c13-9-10(14-7-15-11(9)17)16-12(18)19-6-8-4-2-1-3-5-8/h1-5,7H,6H2,(H2,14,15,16,17,18). The first-order chi connectivity index (χ1) is 9.16. The Morgan fingerprint density at radius 3 is 2.84 bits per heavy atom. The topological polar surface area (TPSA) is 84.1 Å². The van der Waals surface area contributed by atoms with E-state index in [0.717, 1.165) is 5.56 Å². The lowest BCUT2D eigenvalue weighted by Crippen LogP contribution is -2.19. The Morgan fingerprint density at radius 2 is 2.11 bits per heavy atom. The minimum Gasteiger partial charge on any atom is -0.444 e. The number of aromatic amines is 1. The van der Waals surface area contributed by atoms with E-state index in [1.807, 2.05) is 30.3 Å². The zero-order chi connectivity index (χ0) is 13.7. The Hall–Kier alpha value is -1.90. The van der Waals surface area contributed by atoms with Crippen LogP contribution >= 0.6 is 22.6 Å². The largest absolute Gasteiger partial charge is 0.444 e. The van der Waals surface area contributed by atoms with E-state index in [4.69, 9.17) is 4.74 Å². The van der Waals surface area contributed by atoms with Crippen molar-refractivity contribution >= 4 is 34.5 Å². The molecule has 0 bridgehead atoms. The van der Waals surface area contributed by atoms with Gasteiger partial charge in [0.1, 0.15) is 10.2 Å². The van der Waals surface area contributed by atoms with Crippen LogP contribution in [0.15, 0.2) is 41.5 Å². The fraction of sp³-hybridized carbons (Fsp3) is 0.0833. The lowest BCUT2D eigenvalue weighted by atomic mass is 10.2. The van der Waals surface area contributed by atoms with E-state index in [9.17, 15) is 9.59 Å². The molecule has 1 aromatic carbocycles. The van der Waals surface area contributed by atoms with Gasteiger partial charge in [0, 0.05) is 0 Å². The monoisotopic (exact) mass is 371 g/mol. The molecule has 0 aliphatic rings. The van der Waals surface area contributed by atoms with Crippen LogP contribution in [-0.2, 0) is 11.3 Å². The van der Waals surface area contributed by atoms with Crippen molar-refractivity contribution in [3.63, 3.8) is 0 Å². The average molecular weight is 371 g/mol. The molecule has 2 rings (SSSR count). The summed E-state index contributed by atoms with van der Waals surface area (Å²) in [5.74, 6) is 0.183. The van der Waals surface area contributed by atoms with Gasteiger partial charge in [0.2, 0.25) is 0 Å². The summed E-state index contributed by atoms with van der Waals surface area (Å²) in [6.45, 7) is 0.159. The molecule has 0 spiro atoms. The molecule has 0 saturated heterocycles. The predicted molar refractivity (Wildman–Crippen MR) is 77.8 cm³/mol. The first-order valence-electron chi connectivity index (χ1n) is 5.37. The maximum atomic E-state index is 11.6. The maximum absolute atomic E-state index is 11.6. The number of nitrogens with zero attached hydrogens (tertiary/aromatic N) is 1. The van der Waals surface area contributed by atoms with Crippen LogP contribution in [-0.4, -0.2) is 16.1 Å². The second kappa shape index (κ2) is 6.32. The third kappa shape index (κ3) is 3.78. The number of ether oxygens (including phenoxy) is 1. The van der Waals surface area contributed by atoms with Gasteiger partial charge in [-0.3, -0.25) is 10.1 Å². The number of anilines is 1. The molecule has 0 fully saturated rings. The third-order valence-corrected chi connectivity index (χ3v) is 3.23. The molecule has 98 valence electrons. The van der Waals surface area contributed by atoms with Gasteiger partial charge >= 0.3 is 6.09 Å². The van der Waals surface area contributed by atoms with E-state index < -0.39 is 6.09 Å². The van der Waals surface area contributed by atoms with Crippen molar-refractivity contribution in [2.45, 2.75) is 6.61 Å². The molecular formula is C12H10IN3O3. The number of halogens is 1. The van der Waals surface area contributed by atoms with Crippen molar-refractivity contribution in [3.05, 3.63) is 56.1 Å². The van der Waals surface area contributed by atoms with Crippen molar-refractivity contribution in [1.29, 1.82) is 0 Å². The van der Waals surface area contributed by atoms with Gasteiger partial charge in [-0.15, -0.1) is 0 Å². The van der Waals surface area contributed by atoms with Crippen LogP contribution in [0.25, 0.3) is 0 Å². The van der Waals surface area contributed by atoms with Crippen LogP contribution in [0.2, 0.25) is 0 Å². The third-order valence-electron chi connectivity index (χ3n) is 2.23. The Bertz CT molecular complexity index is 628. The Labute approximate surface area is 122 Å². The molecule has 0 unspecified atom stereocenters. The average Bonchev–Trinajstić information content (AvgIpc) is 2.43. The molecule has 6 nitrogen and oxygen atoms in total. The molecule has 1 amide bonds. The first kappa shape index (κ1) is 13.5. The van der Waals surface area contributed by atoms with Gasteiger partial charge in [0.05, 0.1) is 6.33 Å². The lowest BCUT2D eigenvalue weighted by molar-refractivity contribution is 0.155. The molecule has 7 heteroatoms. The number of aromatic nitrogens is 2. The van der Waals surface area contributed by atoms with Gasteiger partial charge in [0.25, 0.3) is 5.56 Å². The van der Waals surface area contributed by atoms with E-state index in [1.54, 1.807) is 22.6 Å². The Kier molecular flexibility index (Phi) is 4.50. The van der Waals surface area contributed by atoms with Crippen molar-refractivity contribution in [1.82, 2.24) is 9.97 Å². The van der Waals surface area contributed by atoms with Gasteiger partial charge in [-0.05, 0) is 28.2 Å². The molecular weight excluding hydrogens is 361 g/mol. The molecule has 0 atom stereocenters. The number of nitrogens with one attached hydrogen (secondary N) is 2. The number of benzene rings is 1. The quantitative estimate of drug-likeness (QED) is 0.810. The van der Waals surface area contributed by atoms with Crippen LogP contribution in [0.1, 0.15) is 5.56 Å². The highest BCUT2D eigenvalue weighted by atomic mass is 127. The SMILES string of the molecule is O=C(Nc1nc[nH]c(=O)c1I)OCc1ccccc1. The zero-order valence-corrected chi connectivity index (χ0v) is 11.9. The van der Waals surface area contributed by atoms with E-state index >= 15 is 0 Å². The number of amides is 1. The maximum Gasteiger partial charge on any atom is 0.413 e. The molecule has 2 N–H and O–H groups in total. The van der Waals surface area contributed by atoms with E-state index in [-0.39, 0.29) is 18.0 Å². The van der Waals surface area contributed by atoms with Crippen LogP contribution in [0.3, 0.4) is 0 Å². The first-order valence-corrected chi connectivity index (χ1v) is 6.45. The number of carbonyl (C=O) groups excluding carboxylic acids is 1. The van der Waals surface area contributed by atoms with E-state index in [2.05, 4.69) is 15.3 Å². The van der Waals surface area contributed by atoms with Gasteiger partial charge in [-0.1, -0.05) is 30.3 Å². The molecule has 0 saturated carbocycles. The van der Waals surface area contributed by atoms with Crippen LogP contribution in [0.4, 0.5) is 10.6 Å². The highest BCUT2D eigenvalue weighted by molar-refractivity contribution is 14.1. The predicted octanol–water partition coefficient (Wildman–Crippen LogP) is 2.12. The number of hydrogen-bond acceptors (Lipinski definition) is 4. The van der Waals surface area contributed by atoms with Gasteiger partial charge in [0.15, 0.2) is 5.82 Å². The summed E-state index contributed by atoms with van der Waals surface area (Å²) >= 11 is 1.80. The van der Waals surface area contributed by atoms with Crippen molar-refractivity contribution < 1.29 is 9.53 Å². The lowest BCUT2D eigenvalue weighted by Gasteiger charge is -2.07. The zero-order valence-electron chi connectivity index (χ0n) is 9.72. The molecule has 1 aromatic heterocycles. The van der Waals surface area contributed by atoms with Crippen molar-refractivity contribution in [3.8, 4) is 0 Å². The second-order valence-electron chi connectivity index (χ2n) is 3.58. The van der Waals surface area contributed by atoms with E-state index in [0.29, 0.717) is 3.57 Å². The van der Waals surface area contributed by atoms with Crippen LogP contribution in [0, 0.1) is 3.57 Å². The summed E-state index contributed by atoms with van der Waals surface area (Å²) < 4.78 is 5.32. The van der Waals surface area contributed by atoms with Gasteiger partial charge < -0.3 is 9.72 Å². The van der Waals surface area contributed by atoms with Crippen LogP contribution < -0.4 is 10.9 Å². The minimum atomic E-state index is -0.653. The highest BCUT2D eigenvalue weighted by Gasteiger charge is 2.10. The fourth-order valence-corrected chi connectivity index (χ4v) is 1.76.